The van der Waals surface area contributed by atoms with E-state index in [9.17, 15) is 0 Å². The summed E-state index contributed by atoms with van der Waals surface area (Å²) in [5, 5.41) is 6.72. The highest BCUT2D eigenvalue weighted by atomic mass is 32.1. The fraction of sp³-hybridized carbons (Fsp3) is 0.571. The summed E-state index contributed by atoms with van der Waals surface area (Å²) in [6.45, 7) is 4.68. The molecule has 108 valence electrons. The molecule has 1 fully saturated rings. The van der Waals surface area contributed by atoms with Crippen molar-refractivity contribution < 1.29 is 0 Å². The van der Waals surface area contributed by atoms with E-state index >= 15 is 0 Å². The minimum Gasteiger partial charge on any atom is -0.367 e. The molecule has 3 rings (SSSR count). The Kier molecular flexibility index (Phi) is 3.52. The minimum atomic E-state index is 0.408. The lowest BCUT2D eigenvalue weighted by Crippen LogP contribution is -2.32. The second-order valence-corrected chi connectivity index (χ2v) is 7.18. The fourth-order valence-electron chi connectivity index (χ4n) is 3.04. The first-order valence-electron chi connectivity index (χ1n) is 7.06. The molecule has 6 heteroatoms. The van der Waals surface area contributed by atoms with Crippen LogP contribution in [0.1, 0.15) is 39.5 Å². The number of aromatic nitrogens is 2. The summed E-state index contributed by atoms with van der Waals surface area (Å²) in [5.41, 5.74) is 2.96. The summed E-state index contributed by atoms with van der Waals surface area (Å²) in [4.78, 5) is 9.81. The monoisotopic (exact) mass is 291 g/mol. The molecular weight excluding hydrogens is 270 g/mol. The zero-order valence-corrected chi connectivity index (χ0v) is 12.8. The molecule has 0 amide bonds. The number of nitrogen functional groups attached to an aromatic ring is 1. The Morgan fingerprint density at radius 3 is 3.00 bits per heavy atom. The number of hydrazine groups is 1. The highest BCUT2D eigenvalue weighted by molar-refractivity contribution is 7.16. The molecule has 0 aromatic carbocycles. The number of fused-ring (bicyclic) bond motifs is 1. The van der Waals surface area contributed by atoms with Gasteiger partial charge in [0, 0.05) is 6.04 Å². The van der Waals surface area contributed by atoms with Crippen molar-refractivity contribution in [2.24, 2.45) is 11.3 Å². The van der Waals surface area contributed by atoms with Gasteiger partial charge in [-0.15, -0.1) is 11.3 Å². The second kappa shape index (κ2) is 5.18. The maximum absolute atomic E-state index is 5.46. The van der Waals surface area contributed by atoms with Gasteiger partial charge in [0.25, 0.3) is 0 Å². The number of nitrogens with one attached hydrogen (secondary N) is 2. The third kappa shape index (κ3) is 2.71. The van der Waals surface area contributed by atoms with Crippen molar-refractivity contribution in [3.63, 3.8) is 0 Å². The zero-order valence-electron chi connectivity index (χ0n) is 11.9. The lowest BCUT2D eigenvalue weighted by Gasteiger charge is -2.35. The number of hydrogen-bond acceptors (Lipinski definition) is 6. The molecule has 0 bridgehead atoms. The molecule has 2 aromatic heterocycles. The molecule has 1 unspecified atom stereocenters. The van der Waals surface area contributed by atoms with E-state index in [1.165, 1.54) is 25.7 Å². The van der Waals surface area contributed by atoms with Crippen molar-refractivity contribution in [3.8, 4) is 0 Å². The van der Waals surface area contributed by atoms with Crippen LogP contribution in [0.3, 0.4) is 0 Å². The third-order valence-electron chi connectivity index (χ3n) is 4.00. The van der Waals surface area contributed by atoms with Crippen LogP contribution in [0.5, 0.6) is 0 Å². The van der Waals surface area contributed by atoms with Gasteiger partial charge in [-0.25, -0.2) is 10.8 Å². The SMILES string of the molecule is CC1(C)CCCC(Nc2nc(NN)nc3sccc23)C1. The molecule has 4 N–H and O–H groups in total. The van der Waals surface area contributed by atoms with Crippen LogP contribution < -0.4 is 16.6 Å². The summed E-state index contributed by atoms with van der Waals surface area (Å²) in [6, 6.07) is 2.54. The van der Waals surface area contributed by atoms with Gasteiger partial charge in [0.1, 0.15) is 10.6 Å². The van der Waals surface area contributed by atoms with Crippen LogP contribution in [0.15, 0.2) is 11.4 Å². The number of hydrogen-bond donors (Lipinski definition) is 3. The van der Waals surface area contributed by atoms with E-state index in [1.807, 2.05) is 5.38 Å². The molecule has 0 saturated heterocycles. The van der Waals surface area contributed by atoms with Crippen LogP contribution in [0.25, 0.3) is 10.2 Å². The topological polar surface area (TPSA) is 75.9 Å². The number of nitrogens with two attached hydrogens (primary N) is 1. The van der Waals surface area contributed by atoms with Crippen molar-refractivity contribution in [3.05, 3.63) is 11.4 Å². The lowest BCUT2D eigenvalue weighted by atomic mass is 9.75. The predicted octanol–water partition coefficient (Wildman–Crippen LogP) is 3.36. The average molecular weight is 291 g/mol. The Morgan fingerprint density at radius 2 is 2.25 bits per heavy atom. The van der Waals surface area contributed by atoms with E-state index in [2.05, 4.69) is 40.6 Å². The molecule has 20 heavy (non-hydrogen) atoms. The van der Waals surface area contributed by atoms with Crippen molar-refractivity contribution in [2.45, 2.75) is 45.6 Å². The van der Waals surface area contributed by atoms with Crippen LogP contribution >= 0.6 is 11.3 Å². The van der Waals surface area contributed by atoms with Crippen molar-refractivity contribution >= 4 is 33.3 Å². The lowest BCUT2D eigenvalue weighted by molar-refractivity contribution is 0.229. The number of nitrogens with zero attached hydrogens (tertiary/aromatic N) is 2. The first kappa shape index (κ1) is 13.6. The maximum atomic E-state index is 5.46. The fourth-order valence-corrected chi connectivity index (χ4v) is 3.81. The van der Waals surface area contributed by atoms with Crippen molar-refractivity contribution in [2.75, 3.05) is 10.7 Å². The number of rotatable bonds is 3. The Bertz CT molecular complexity index is 607. The van der Waals surface area contributed by atoms with Crippen LogP contribution in [-0.2, 0) is 0 Å². The molecule has 0 radical (unpaired) electrons. The van der Waals surface area contributed by atoms with Gasteiger partial charge in [0.05, 0.1) is 5.39 Å². The van der Waals surface area contributed by atoms with Crippen LogP contribution in [-0.4, -0.2) is 16.0 Å². The number of anilines is 2. The molecule has 5 nitrogen and oxygen atoms in total. The molecule has 1 atom stereocenters. The smallest absolute Gasteiger partial charge is 0.240 e. The molecule has 2 aromatic rings. The molecule has 0 aliphatic heterocycles. The number of thiophene rings is 1. The first-order valence-corrected chi connectivity index (χ1v) is 7.94. The molecule has 1 saturated carbocycles. The first-order chi connectivity index (χ1) is 9.57. The van der Waals surface area contributed by atoms with E-state index in [-0.39, 0.29) is 0 Å². The third-order valence-corrected chi connectivity index (χ3v) is 4.81. The Labute approximate surface area is 123 Å². The molecule has 2 heterocycles. The predicted molar refractivity (Wildman–Crippen MR) is 84.9 cm³/mol. The van der Waals surface area contributed by atoms with Gasteiger partial charge in [-0.1, -0.05) is 20.3 Å². The van der Waals surface area contributed by atoms with Gasteiger partial charge in [0.15, 0.2) is 0 Å². The van der Waals surface area contributed by atoms with Crippen molar-refractivity contribution in [1.29, 1.82) is 0 Å². The van der Waals surface area contributed by atoms with Gasteiger partial charge in [0.2, 0.25) is 5.95 Å². The van der Waals surface area contributed by atoms with Gasteiger partial charge in [-0.3, -0.25) is 5.43 Å². The van der Waals surface area contributed by atoms with Gasteiger partial charge < -0.3 is 5.32 Å². The minimum absolute atomic E-state index is 0.408. The summed E-state index contributed by atoms with van der Waals surface area (Å²) in [6.07, 6.45) is 4.95. The summed E-state index contributed by atoms with van der Waals surface area (Å²) < 4.78 is 0. The highest BCUT2D eigenvalue weighted by Gasteiger charge is 2.28. The van der Waals surface area contributed by atoms with Crippen LogP contribution in [0.4, 0.5) is 11.8 Å². The van der Waals surface area contributed by atoms with Gasteiger partial charge in [-0.2, -0.15) is 4.98 Å². The molecular formula is C14H21N5S. The van der Waals surface area contributed by atoms with E-state index in [1.54, 1.807) is 11.3 Å². The average Bonchev–Trinajstić information content (AvgIpc) is 2.85. The summed E-state index contributed by atoms with van der Waals surface area (Å²) >= 11 is 1.61. The summed E-state index contributed by atoms with van der Waals surface area (Å²) in [5.74, 6) is 6.82. The van der Waals surface area contributed by atoms with Gasteiger partial charge >= 0.3 is 0 Å². The van der Waals surface area contributed by atoms with Crippen LogP contribution in [0, 0.1) is 5.41 Å². The highest BCUT2D eigenvalue weighted by Crippen LogP contribution is 2.37. The van der Waals surface area contributed by atoms with E-state index < -0.39 is 0 Å². The second-order valence-electron chi connectivity index (χ2n) is 6.28. The molecule has 1 aliphatic rings. The Morgan fingerprint density at radius 1 is 1.40 bits per heavy atom. The van der Waals surface area contributed by atoms with Crippen molar-refractivity contribution in [1.82, 2.24) is 9.97 Å². The van der Waals surface area contributed by atoms with Gasteiger partial charge in [-0.05, 0) is 36.1 Å². The quantitative estimate of drug-likeness (QED) is 0.597. The largest absolute Gasteiger partial charge is 0.367 e. The van der Waals surface area contributed by atoms with Crippen LogP contribution in [0.2, 0.25) is 0 Å². The Balaban J connectivity index is 1.88. The molecule has 1 aliphatic carbocycles. The van der Waals surface area contributed by atoms with E-state index in [4.69, 9.17) is 5.84 Å². The Hall–Kier alpha value is -1.40. The standard InChI is InChI=1S/C14H21N5S/c1-14(2)6-3-4-9(8-14)16-11-10-5-7-20-12(10)18-13(17-11)19-15/h5,7,9H,3-4,6,8,15H2,1-2H3,(H2,16,17,18,19). The van der Waals surface area contributed by atoms with E-state index in [0.29, 0.717) is 17.4 Å². The molecule has 0 spiro atoms. The maximum Gasteiger partial charge on any atom is 0.240 e. The normalized spacial score (nSPS) is 21.9. The summed E-state index contributed by atoms with van der Waals surface area (Å²) in [7, 11) is 0. The van der Waals surface area contributed by atoms with E-state index in [0.717, 1.165) is 16.0 Å². The zero-order chi connectivity index (χ0) is 14.2.